The minimum absolute atomic E-state index is 0.0114. The Labute approximate surface area is 136 Å². The predicted molar refractivity (Wildman–Crippen MR) is 88.4 cm³/mol. The van der Waals surface area contributed by atoms with Gasteiger partial charge in [-0.05, 0) is 43.7 Å². The third kappa shape index (κ3) is 2.69. The van der Waals surface area contributed by atoms with Crippen molar-refractivity contribution >= 4 is 17.6 Å². The molecular weight excluding hydrogens is 292 g/mol. The van der Waals surface area contributed by atoms with Crippen LogP contribution in [-0.4, -0.2) is 41.5 Å². The van der Waals surface area contributed by atoms with Crippen LogP contribution in [0.2, 0.25) is 0 Å². The second kappa shape index (κ2) is 5.87. The van der Waals surface area contributed by atoms with E-state index in [2.05, 4.69) is 5.32 Å². The molecule has 0 bridgehead atoms. The third-order valence-electron chi connectivity index (χ3n) is 5.55. The fraction of sp³-hybridized carbons (Fsp3) is 0.556. The number of carboxylic acid groups (broad SMARTS) is 1. The number of para-hydroxylation sites is 1. The van der Waals surface area contributed by atoms with Crippen LogP contribution in [0.1, 0.15) is 30.4 Å². The number of carbonyl (C=O) groups is 2. The summed E-state index contributed by atoms with van der Waals surface area (Å²) in [4.78, 5) is 25.9. The van der Waals surface area contributed by atoms with Gasteiger partial charge in [-0.1, -0.05) is 24.6 Å². The molecule has 5 heteroatoms. The molecule has 2 atom stereocenters. The molecule has 0 aromatic heterocycles. The van der Waals surface area contributed by atoms with E-state index in [-0.39, 0.29) is 18.4 Å². The van der Waals surface area contributed by atoms with Crippen molar-refractivity contribution in [2.24, 2.45) is 11.3 Å². The molecule has 2 aliphatic rings. The topological polar surface area (TPSA) is 69.6 Å². The van der Waals surface area contributed by atoms with E-state index in [1.807, 2.05) is 32.0 Å². The quantitative estimate of drug-likeness (QED) is 0.895. The average molecular weight is 316 g/mol. The van der Waals surface area contributed by atoms with Gasteiger partial charge in [0.25, 0.3) is 0 Å². The number of likely N-dealkylation sites (tertiary alicyclic amines) is 1. The molecule has 0 unspecified atom stereocenters. The smallest absolute Gasteiger partial charge is 0.311 e. The van der Waals surface area contributed by atoms with Gasteiger partial charge in [0.05, 0.1) is 12.0 Å². The summed E-state index contributed by atoms with van der Waals surface area (Å²) in [7, 11) is 0. The lowest BCUT2D eigenvalue weighted by Gasteiger charge is -2.23. The van der Waals surface area contributed by atoms with E-state index in [1.54, 1.807) is 4.90 Å². The zero-order valence-corrected chi connectivity index (χ0v) is 13.8. The van der Waals surface area contributed by atoms with Gasteiger partial charge in [-0.25, -0.2) is 0 Å². The number of anilines is 1. The van der Waals surface area contributed by atoms with Gasteiger partial charge in [0.15, 0.2) is 0 Å². The Morgan fingerprint density at radius 2 is 2.04 bits per heavy atom. The summed E-state index contributed by atoms with van der Waals surface area (Å²) in [5, 5.41) is 12.8. The van der Waals surface area contributed by atoms with Crippen molar-refractivity contribution in [1.29, 1.82) is 0 Å². The van der Waals surface area contributed by atoms with Crippen LogP contribution in [0.4, 0.5) is 5.69 Å². The standard InChI is InChI=1S/C18H24N2O3/c1-12-5-3-6-13(2)16(12)19-9-15(21)20-10-14-7-4-8-18(14,11-20)17(22)23/h3,5-6,14,19H,4,7-11H2,1-2H3,(H,22,23)/t14-,18+/m0/s1. The highest BCUT2D eigenvalue weighted by atomic mass is 16.4. The SMILES string of the molecule is Cc1cccc(C)c1NCC(=O)N1C[C@@H]2CCC[C@@]2(C(=O)O)C1. The van der Waals surface area contributed by atoms with Crippen molar-refractivity contribution in [3.05, 3.63) is 29.3 Å². The van der Waals surface area contributed by atoms with Gasteiger partial charge in [-0.2, -0.15) is 0 Å². The first-order valence-electron chi connectivity index (χ1n) is 8.25. The normalized spacial score (nSPS) is 26.2. The van der Waals surface area contributed by atoms with Crippen LogP contribution < -0.4 is 5.32 Å². The number of rotatable bonds is 4. The molecule has 1 aromatic rings. The molecule has 1 aliphatic heterocycles. The summed E-state index contributed by atoms with van der Waals surface area (Å²) in [6.45, 7) is 5.19. The van der Waals surface area contributed by atoms with Gasteiger partial charge in [0.2, 0.25) is 5.91 Å². The Morgan fingerprint density at radius 3 is 2.65 bits per heavy atom. The van der Waals surface area contributed by atoms with Crippen LogP contribution in [0.25, 0.3) is 0 Å². The first-order valence-corrected chi connectivity index (χ1v) is 8.25. The summed E-state index contributed by atoms with van der Waals surface area (Å²) in [5.74, 6) is -0.634. The molecule has 1 aliphatic carbocycles. The number of hydrogen-bond acceptors (Lipinski definition) is 3. The molecule has 124 valence electrons. The number of benzene rings is 1. The van der Waals surface area contributed by atoms with Crippen LogP contribution in [-0.2, 0) is 9.59 Å². The molecule has 5 nitrogen and oxygen atoms in total. The predicted octanol–water partition coefficient (Wildman–Crippen LogP) is 2.43. The molecule has 2 N–H and O–H groups in total. The molecule has 1 amide bonds. The van der Waals surface area contributed by atoms with Crippen molar-refractivity contribution in [1.82, 2.24) is 4.90 Å². The van der Waals surface area contributed by atoms with Crippen molar-refractivity contribution in [3.8, 4) is 0 Å². The summed E-state index contributed by atoms with van der Waals surface area (Å²) >= 11 is 0. The summed E-state index contributed by atoms with van der Waals surface area (Å²) in [5.41, 5.74) is 2.51. The second-order valence-electron chi connectivity index (χ2n) is 6.95. The molecular formula is C18H24N2O3. The molecule has 1 aromatic carbocycles. The Balaban J connectivity index is 1.65. The first kappa shape index (κ1) is 15.8. The van der Waals surface area contributed by atoms with Crippen LogP contribution in [0.3, 0.4) is 0 Å². The number of aryl methyl sites for hydroxylation is 2. The maximum absolute atomic E-state index is 12.5. The van der Waals surface area contributed by atoms with Crippen molar-refractivity contribution in [2.45, 2.75) is 33.1 Å². The molecule has 1 heterocycles. The molecule has 2 fully saturated rings. The minimum Gasteiger partial charge on any atom is -0.481 e. The van der Waals surface area contributed by atoms with Gasteiger partial charge in [0, 0.05) is 18.8 Å². The van der Waals surface area contributed by atoms with Gasteiger partial charge in [-0.15, -0.1) is 0 Å². The maximum Gasteiger partial charge on any atom is 0.311 e. The molecule has 1 saturated carbocycles. The number of amides is 1. The van der Waals surface area contributed by atoms with Gasteiger partial charge >= 0.3 is 5.97 Å². The van der Waals surface area contributed by atoms with E-state index >= 15 is 0 Å². The number of fused-ring (bicyclic) bond motifs is 1. The highest BCUT2D eigenvalue weighted by Crippen LogP contribution is 2.48. The largest absolute Gasteiger partial charge is 0.481 e. The second-order valence-corrected chi connectivity index (χ2v) is 6.95. The average Bonchev–Trinajstić information content (AvgIpc) is 3.04. The van der Waals surface area contributed by atoms with Crippen molar-refractivity contribution < 1.29 is 14.7 Å². The zero-order valence-electron chi connectivity index (χ0n) is 13.8. The van der Waals surface area contributed by atoms with Crippen molar-refractivity contribution in [2.75, 3.05) is 25.0 Å². The van der Waals surface area contributed by atoms with Crippen LogP contribution in [0.5, 0.6) is 0 Å². The summed E-state index contributed by atoms with van der Waals surface area (Å²) in [6, 6.07) is 6.02. The number of aliphatic carboxylic acids is 1. The number of nitrogens with zero attached hydrogens (tertiary/aromatic N) is 1. The van der Waals surface area contributed by atoms with E-state index < -0.39 is 11.4 Å². The van der Waals surface area contributed by atoms with E-state index in [0.717, 1.165) is 29.7 Å². The Hall–Kier alpha value is -2.04. The molecule has 3 rings (SSSR count). The molecule has 0 spiro atoms. The lowest BCUT2D eigenvalue weighted by atomic mass is 9.81. The third-order valence-corrected chi connectivity index (χ3v) is 5.55. The van der Waals surface area contributed by atoms with Gasteiger partial charge < -0.3 is 15.3 Å². The summed E-state index contributed by atoms with van der Waals surface area (Å²) < 4.78 is 0. The van der Waals surface area contributed by atoms with E-state index in [1.165, 1.54) is 0 Å². The Kier molecular flexibility index (Phi) is 4.04. The Bertz CT molecular complexity index is 623. The Morgan fingerprint density at radius 1 is 1.35 bits per heavy atom. The number of carboxylic acids is 1. The number of nitrogens with one attached hydrogen (secondary N) is 1. The van der Waals surface area contributed by atoms with Crippen LogP contribution in [0.15, 0.2) is 18.2 Å². The zero-order chi connectivity index (χ0) is 16.6. The fourth-order valence-corrected chi connectivity index (χ4v) is 4.20. The van der Waals surface area contributed by atoms with E-state index in [9.17, 15) is 14.7 Å². The lowest BCUT2D eigenvalue weighted by Crippen LogP contribution is -2.39. The highest BCUT2D eigenvalue weighted by Gasteiger charge is 2.55. The van der Waals surface area contributed by atoms with Gasteiger partial charge in [-0.3, -0.25) is 9.59 Å². The van der Waals surface area contributed by atoms with Crippen molar-refractivity contribution in [3.63, 3.8) is 0 Å². The number of carbonyl (C=O) groups excluding carboxylic acids is 1. The maximum atomic E-state index is 12.5. The van der Waals surface area contributed by atoms with E-state index in [4.69, 9.17) is 0 Å². The highest BCUT2D eigenvalue weighted by molar-refractivity contribution is 5.84. The number of hydrogen-bond donors (Lipinski definition) is 2. The monoisotopic (exact) mass is 316 g/mol. The van der Waals surface area contributed by atoms with Gasteiger partial charge in [0.1, 0.15) is 0 Å². The van der Waals surface area contributed by atoms with E-state index in [0.29, 0.717) is 19.5 Å². The minimum atomic E-state index is -0.738. The van der Waals surface area contributed by atoms with Crippen LogP contribution in [0, 0.1) is 25.2 Å². The van der Waals surface area contributed by atoms with Crippen LogP contribution >= 0.6 is 0 Å². The first-order chi connectivity index (χ1) is 10.9. The molecule has 1 saturated heterocycles. The molecule has 23 heavy (non-hydrogen) atoms. The lowest BCUT2D eigenvalue weighted by molar-refractivity contribution is -0.149. The summed E-state index contributed by atoms with van der Waals surface area (Å²) in [6.07, 6.45) is 2.57. The molecule has 0 radical (unpaired) electrons. The fourth-order valence-electron chi connectivity index (χ4n) is 4.20.